The molecule has 0 rings (SSSR count). The molecule has 0 spiro atoms. The Morgan fingerprint density at radius 1 is 1.25 bits per heavy atom. The largest absolute Gasteiger partial charge is 0.229 e. The number of sulfone groups is 1. The fourth-order valence-electron chi connectivity index (χ4n) is 0.836. The molecule has 0 atom stereocenters. The zero-order valence-corrected chi connectivity index (χ0v) is 9.53. The van der Waals surface area contributed by atoms with Crippen molar-refractivity contribution in [2.75, 3.05) is 11.5 Å². The molecule has 0 saturated carbocycles. The third kappa shape index (κ3) is 3.57. The summed E-state index contributed by atoms with van der Waals surface area (Å²) in [7, 11) is -2.82. The number of hydrogen-bond donors (Lipinski definition) is 0. The summed E-state index contributed by atoms with van der Waals surface area (Å²) in [5.41, 5.74) is -0.102. The highest BCUT2D eigenvalue weighted by atomic mass is 32.2. The van der Waals surface area contributed by atoms with Crippen molar-refractivity contribution < 1.29 is 8.42 Å². The molecule has 0 aliphatic heterocycles. The molecule has 2 nitrogen and oxygen atoms in total. The molecular weight excluding hydrogens is 172 g/mol. The zero-order valence-electron chi connectivity index (χ0n) is 8.72. The van der Waals surface area contributed by atoms with Gasteiger partial charge in [0.1, 0.15) is 0 Å². The maximum Gasteiger partial charge on any atom is 0.150 e. The number of hydrogen-bond acceptors (Lipinski definition) is 2. The van der Waals surface area contributed by atoms with E-state index in [0.29, 0.717) is 11.7 Å². The second-order valence-corrected chi connectivity index (χ2v) is 6.67. The van der Waals surface area contributed by atoms with E-state index in [4.69, 9.17) is 0 Å². The zero-order chi connectivity index (χ0) is 9.99. The first-order valence-corrected chi connectivity index (χ1v) is 6.24. The molecule has 0 saturated heterocycles. The van der Waals surface area contributed by atoms with Gasteiger partial charge in [-0.3, -0.25) is 0 Å². The molecule has 0 amide bonds. The Kier molecular flexibility index (Phi) is 3.76. The second-order valence-electron chi connectivity index (χ2n) is 4.32. The summed E-state index contributed by atoms with van der Waals surface area (Å²) in [6.07, 6.45) is 0. The van der Waals surface area contributed by atoms with Crippen LogP contribution in [0.3, 0.4) is 0 Å². The first-order chi connectivity index (χ1) is 5.21. The van der Waals surface area contributed by atoms with E-state index in [1.54, 1.807) is 6.92 Å². The van der Waals surface area contributed by atoms with Gasteiger partial charge in [-0.05, 0) is 11.3 Å². The molecule has 0 aromatic carbocycles. The molecule has 0 radical (unpaired) electrons. The van der Waals surface area contributed by atoms with Crippen molar-refractivity contribution in [2.24, 2.45) is 11.3 Å². The lowest BCUT2D eigenvalue weighted by atomic mass is 9.83. The van der Waals surface area contributed by atoms with Crippen LogP contribution in [0.15, 0.2) is 0 Å². The van der Waals surface area contributed by atoms with E-state index in [9.17, 15) is 8.42 Å². The Morgan fingerprint density at radius 2 is 1.67 bits per heavy atom. The van der Waals surface area contributed by atoms with Gasteiger partial charge in [0.25, 0.3) is 0 Å². The van der Waals surface area contributed by atoms with Gasteiger partial charge in [0, 0.05) is 5.75 Å². The molecule has 0 heterocycles. The highest BCUT2D eigenvalue weighted by Crippen LogP contribution is 2.27. The fraction of sp³-hybridized carbons (Fsp3) is 1.00. The van der Waals surface area contributed by atoms with Crippen LogP contribution in [0, 0.1) is 11.3 Å². The molecule has 0 aliphatic rings. The van der Waals surface area contributed by atoms with Crippen LogP contribution < -0.4 is 0 Å². The summed E-state index contributed by atoms with van der Waals surface area (Å²) in [6, 6.07) is 0. The fourth-order valence-corrected chi connectivity index (χ4v) is 2.51. The Labute approximate surface area is 76.3 Å². The summed E-state index contributed by atoms with van der Waals surface area (Å²) in [4.78, 5) is 0. The van der Waals surface area contributed by atoms with E-state index in [-0.39, 0.29) is 11.2 Å². The molecule has 0 aromatic heterocycles. The Balaban J connectivity index is 4.46. The molecule has 0 N–H and O–H groups in total. The van der Waals surface area contributed by atoms with Gasteiger partial charge in [0.15, 0.2) is 9.84 Å². The lowest BCUT2D eigenvalue weighted by Crippen LogP contribution is -2.29. The van der Waals surface area contributed by atoms with Gasteiger partial charge in [0.2, 0.25) is 0 Å². The number of rotatable bonds is 4. The predicted octanol–water partition coefficient (Wildman–Crippen LogP) is 2.10. The molecule has 12 heavy (non-hydrogen) atoms. The van der Waals surface area contributed by atoms with Crippen LogP contribution in [0.2, 0.25) is 0 Å². The summed E-state index contributed by atoms with van der Waals surface area (Å²) in [6.45, 7) is 9.83. The molecule has 0 aromatic rings. The van der Waals surface area contributed by atoms with Crippen LogP contribution in [-0.2, 0) is 9.84 Å². The summed E-state index contributed by atoms with van der Waals surface area (Å²) < 4.78 is 22.6. The van der Waals surface area contributed by atoms with Gasteiger partial charge >= 0.3 is 0 Å². The summed E-state index contributed by atoms with van der Waals surface area (Å²) in [5.74, 6) is 0.955. The van der Waals surface area contributed by atoms with Gasteiger partial charge in [-0.15, -0.1) is 0 Å². The maximum absolute atomic E-state index is 11.3. The molecule has 3 heteroatoms. The van der Waals surface area contributed by atoms with Gasteiger partial charge in [0.05, 0.1) is 5.75 Å². The van der Waals surface area contributed by atoms with Crippen molar-refractivity contribution in [1.29, 1.82) is 0 Å². The molecule has 0 unspecified atom stereocenters. The minimum absolute atomic E-state index is 0.102. The monoisotopic (exact) mass is 192 g/mol. The topological polar surface area (TPSA) is 34.1 Å². The third-order valence-electron chi connectivity index (χ3n) is 2.59. The van der Waals surface area contributed by atoms with Crippen molar-refractivity contribution in [3.05, 3.63) is 0 Å². The molecule has 0 aliphatic carbocycles. The molecule has 74 valence electrons. The Morgan fingerprint density at radius 3 is 1.92 bits per heavy atom. The quantitative estimate of drug-likeness (QED) is 0.683. The molecule has 0 fully saturated rings. The third-order valence-corrected chi connectivity index (χ3v) is 4.66. The van der Waals surface area contributed by atoms with Crippen molar-refractivity contribution >= 4 is 9.84 Å². The minimum Gasteiger partial charge on any atom is -0.229 e. The second kappa shape index (κ2) is 3.77. The standard InChI is InChI=1S/C9H20O2S/c1-6-12(10,11)7-9(4,5)8(2)3/h8H,6-7H2,1-5H3. The van der Waals surface area contributed by atoms with Crippen molar-refractivity contribution in [3.63, 3.8) is 0 Å². The average Bonchev–Trinajstić information content (AvgIpc) is 1.85. The van der Waals surface area contributed by atoms with E-state index in [0.717, 1.165) is 0 Å². The van der Waals surface area contributed by atoms with Crippen LogP contribution in [0.1, 0.15) is 34.6 Å². The predicted molar refractivity (Wildman–Crippen MR) is 52.9 cm³/mol. The summed E-state index contributed by atoms with van der Waals surface area (Å²) >= 11 is 0. The normalized spacial score (nSPS) is 13.8. The minimum atomic E-state index is -2.82. The van der Waals surface area contributed by atoms with Crippen molar-refractivity contribution in [3.8, 4) is 0 Å². The van der Waals surface area contributed by atoms with Crippen LogP contribution in [-0.4, -0.2) is 19.9 Å². The lowest BCUT2D eigenvalue weighted by Gasteiger charge is -2.28. The maximum atomic E-state index is 11.3. The van der Waals surface area contributed by atoms with Crippen LogP contribution >= 0.6 is 0 Å². The Bertz CT molecular complexity index is 225. The molecular formula is C9H20O2S. The average molecular weight is 192 g/mol. The van der Waals surface area contributed by atoms with Gasteiger partial charge in [-0.25, -0.2) is 8.42 Å². The van der Waals surface area contributed by atoms with Gasteiger partial charge in [-0.1, -0.05) is 34.6 Å². The first kappa shape index (κ1) is 11.9. The van der Waals surface area contributed by atoms with Crippen molar-refractivity contribution in [2.45, 2.75) is 34.6 Å². The first-order valence-electron chi connectivity index (χ1n) is 4.41. The van der Waals surface area contributed by atoms with Crippen LogP contribution in [0.4, 0.5) is 0 Å². The lowest BCUT2D eigenvalue weighted by molar-refractivity contribution is 0.286. The van der Waals surface area contributed by atoms with E-state index < -0.39 is 9.84 Å². The smallest absolute Gasteiger partial charge is 0.150 e. The van der Waals surface area contributed by atoms with Crippen molar-refractivity contribution in [1.82, 2.24) is 0 Å². The van der Waals surface area contributed by atoms with E-state index in [1.807, 2.05) is 13.8 Å². The molecule has 0 bridgehead atoms. The van der Waals surface area contributed by atoms with Crippen LogP contribution in [0.5, 0.6) is 0 Å². The van der Waals surface area contributed by atoms with Gasteiger partial charge < -0.3 is 0 Å². The van der Waals surface area contributed by atoms with Crippen LogP contribution in [0.25, 0.3) is 0 Å². The highest BCUT2D eigenvalue weighted by molar-refractivity contribution is 7.91. The van der Waals surface area contributed by atoms with Gasteiger partial charge in [-0.2, -0.15) is 0 Å². The Hall–Kier alpha value is -0.0500. The van der Waals surface area contributed by atoms with E-state index >= 15 is 0 Å². The van der Waals surface area contributed by atoms with E-state index in [1.165, 1.54) is 0 Å². The highest BCUT2D eigenvalue weighted by Gasteiger charge is 2.27. The summed E-state index contributed by atoms with van der Waals surface area (Å²) in [5, 5.41) is 0. The SMILES string of the molecule is CCS(=O)(=O)CC(C)(C)C(C)C. The van der Waals surface area contributed by atoms with E-state index in [2.05, 4.69) is 13.8 Å².